The van der Waals surface area contributed by atoms with E-state index in [0.717, 1.165) is 60.6 Å². The molecule has 0 spiro atoms. The number of rotatable bonds is 5. The molecule has 0 N–H and O–H groups in total. The van der Waals surface area contributed by atoms with Gasteiger partial charge >= 0.3 is 0 Å². The van der Waals surface area contributed by atoms with Crippen molar-refractivity contribution < 1.29 is 14.3 Å². The first kappa shape index (κ1) is 23.9. The fourth-order valence-corrected chi connectivity index (χ4v) is 5.27. The van der Waals surface area contributed by atoms with Crippen molar-refractivity contribution in [1.29, 1.82) is 0 Å². The van der Waals surface area contributed by atoms with Crippen LogP contribution in [0, 0.1) is 0 Å². The Morgan fingerprint density at radius 3 is 2.17 bits per heavy atom. The number of methoxy groups -OCH3 is 1. The zero-order chi connectivity index (χ0) is 24.9. The van der Waals surface area contributed by atoms with Gasteiger partial charge in [-0.2, -0.15) is 0 Å². The fourth-order valence-electron chi connectivity index (χ4n) is 5.27. The Kier molecular flexibility index (Phi) is 7.21. The summed E-state index contributed by atoms with van der Waals surface area (Å²) in [5.74, 6) is 1.26. The molecule has 0 aromatic heterocycles. The molecule has 3 aromatic rings. The molecule has 0 bridgehead atoms. The van der Waals surface area contributed by atoms with E-state index in [4.69, 9.17) is 4.74 Å². The Balaban J connectivity index is 1.22. The van der Waals surface area contributed by atoms with Crippen molar-refractivity contribution in [3.8, 4) is 5.75 Å². The van der Waals surface area contributed by atoms with Gasteiger partial charge in [-0.3, -0.25) is 9.59 Å². The van der Waals surface area contributed by atoms with Crippen LogP contribution >= 0.6 is 0 Å². The quantitative estimate of drug-likeness (QED) is 0.529. The highest BCUT2D eigenvalue weighted by Gasteiger charge is 2.27. The lowest BCUT2D eigenvalue weighted by Crippen LogP contribution is -2.48. The van der Waals surface area contributed by atoms with Crippen molar-refractivity contribution in [2.45, 2.75) is 18.8 Å². The minimum atomic E-state index is 0.0826. The average Bonchev–Trinajstić information content (AvgIpc) is 2.97. The van der Waals surface area contributed by atoms with Gasteiger partial charge in [0.15, 0.2) is 0 Å². The summed E-state index contributed by atoms with van der Waals surface area (Å²) in [5, 5.41) is 0. The first-order valence-electron chi connectivity index (χ1n) is 12.7. The van der Waals surface area contributed by atoms with Crippen molar-refractivity contribution in [2.24, 2.45) is 0 Å². The van der Waals surface area contributed by atoms with Crippen LogP contribution in [0.25, 0.3) is 0 Å². The SMILES string of the molecule is COc1ccc(N2CCN(C(=O)c3cccc(C4CCCN(C(=O)c5ccccc5)C4)c3)CC2)cc1. The number of benzene rings is 3. The second kappa shape index (κ2) is 10.9. The molecule has 0 radical (unpaired) electrons. The number of likely N-dealkylation sites (tertiary alicyclic amines) is 1. The normalized spacial score (nSPS) is 18.1. The lowest BCUT2D eigenvalue weighted by atomic mass is 9.89. The van der Waals surface area contributed by atoms with Gasteiger partial charge < -0.3 is 19.4 Å². The molecular formula is C30H33N3O3. The van der Waals surface area contributed by atoms with Gasteiger partial charge in [0.2, 0.25) is 0 Å². The van der Waals surface area contributed by atoms with E-state index in [2.05, 4.69) is 23.1 Å². The Morgan fingerprint density at radius 1 is 0.750 bits per heavy atom. The fraction of sp³-hybridized carbons (Fsp3) is 0.333. The maximum Gasteiger partial charge on any atom is 0.253 e. The third-order valence-electron chi connectivity index (χ3n) is 7.34. The van der Waals surface area contributed by atoms with Gasteiger partial charge in [0, 0.05) is 62.0 Å². The molecule has 2 heterocycles. The van der Waals surface area contributed by atoms with Crippen LogP contribution in [0.3, 0.4) is 0 Å². The van der Waals surface area contributed by atoms with Crippen LogP contribution in [0.2, 0.25) is 0 Å². The van der Waals surface area contributed by atoms with E-state index < -0.39 is 0 Å². The number of anilines is 1. The van der Waals surface area contributed by atoms with E-state index in [1.807, 2.05) is 70.5 Å². The molecule has 186 valence electrons. The van der Waals surface area contributed by atoms with Crippen molar-refractivity contribution in [3.63, 3.8) is 0 Å². The second-order valence-electron chi connectivity index (χ2n) is 9.56. The number of carbonyl (C=O) groups excluding carboxylic acids is 2. The number of hydrogen-bond acceptors (Lipinski definition) is 4. The highest BCUT2D eigenvalue weighted by Crippen LogP contribution is 2.29. The highest BCUT2D eigenvalue weighted by atomic mass is 16.5. The molecule has 0 saturated carbocycles. The van der Waals surface area contributed by atoms with Crippen molar-refractivity contribution >= 4 is 17.5 Å². The molecule has 2 aliphatic heterocycles. The Labute approximate surface area is 213 Å². The smallest absolute Gasteiger partial charge is 0.253 e. The maximum absolute atomic E-state index is 13.3. The Bertz CT molecular complexity index is 1190. The second-order valence-corrected chi connectivity index (χ2v) is 9.56. The minimum absolute atomic E-state index is 0.0826. The number of amides is 2. The van der Waals surface area contributed by atoms with Gasteiger partial charge in [0.05, 0.1) is 7.11 Å². The van der Waals surface area contributed by atoms with Gasteiger partial charge in [-0.25, -0.2) is 0 Å². The minimum Gasteiger partial charge on any atom is -0.497 e. The number of piperidine rings is 1. The number of hydrogen-bond donors (Lipinski definition) is 0. The summed E-state index contributed by atoms with van der Waals surface area (Å²) in [5.41, 5.74) is 3.76. The van der Waals surface area contributed by atoms with E-state index >= 15 is 0 Å². The molecule has 2 aliphatic rings. The van der Waals surface area contributed by atoms with Crippen LogP contribution in [-0.2, 0) is 0 Å². The highest BCUT2D eigenvalue weighted by molar-refractivity contribution is 5.95. The summed E-state index contributed by atoms with van der Waals surface area (Å²) in [7, 11) is 1.67. The third kappa shape index (κ3) is 5.23. The predicted molar refractivity (Wildman–Crippen MR) is 142 cm³/mol. The molecule has 2 fully saturated rings. The molecule has 2 amide bonds. The first-order valence-corrected chi connectivity index (χ1v) is 12.7. The van der Waals surface area contributed by atoms with Crippen molar-refractivity contribution in [3.05, 3.63) is 95.6 Å². The number of ether oxygens (including phenoxy) is 1. The standard InChI is InChI=1S/C30H33N3O3/c1-36-28-14-12-27(13-15-28)31-17-19-32(20-18-31)30(35)25-10-5-9-24(21-25)26-11-6-16-33(22-26)29(34)23-7-3-2-4-8-23/h2-5,7-10,12-15,21,26H,6,11,16-20,22H2,1H3. The summed E-state index contributed by atoms with van der Waals surface area (Å²) < 4.78 is 5.25. The van der Waals surface area contributed by atoms with Crippen molar-refractivity contribution in [1.82, 2.24) is 9.80 Å². The molecule has 36 heavy (non-hydrogen) atoms. The largest absolute Gasteiger partial charge is 0.497 e. The van der Waals surface area contributed by atoms with Crippen LogP contribution in [0.15, 0.2) is 78.9 Å². The molecule has 1 atom stereocenters. The molecular weight excluding hydrogens is 450 g/mol. The number of nitrogens with zero attached hydrogens (tertiary/aromatic N) is 3. The van der Waals surface area contributed by atoms with Crippen LogP contribution < -0.4 is 9.64 Å². The monoisotopic (exact) mass is 483 g/mol. The molecule has 6 heteroatoms. The van der Waals surface area contributed by atoms with E-state index in [1.165, 1.54) is 0 Å². The maximum atomic E-state index is 13.3. The Hall–Kier alpha value is -3.80. The topological polar surface area (TPSA) is 53.1 Å². The van der Waals surface area contributed by atoms with Crippen LogP contribution in [-0.4, -0.2) is 68.0 Å². The van der Waals surface area contributed by atoms with E-state index in [-0.39, 0.29) is 17.7 Å². The van der Waals surface area contributed by atoms with E-state index in [0.29, 0.717) is 19.6 Å². The zero-order valence-corrected chi connectivity index (χ0v) is 20.8. The molecule has 6 nitrogen and oxygen atoms in total. The zero-order valence-electron chi connectivity index (χ0n) is 20.8. The van der Waals surface area contributed by atoms with Gasteiger partial charge in [-0.15, -0.1) is 0 Å². The third-order valence-corrected chi connectivity index (χ3v) is 7.34. The number of piperazine rings is 1. The van der Waals surface area contributed by atoms with E-state index in [9.17, 15) is 9.59 Å². The molecule has 5 rings (SSSR count). The summed E-state index contributed by atoms with van der Waals surface area (Å²) >= 11 is 0. The summed E-state index contributed by atoms with van der Waals surface area (Å²) in [6, 6.07) is 25.6. The molecule has 2 saturated heterocycles. The van der Waals surface area contributed by atoms with Gasteiger partial charge in [-0.05, 0) is 66.9 Å². The van der Waals surface area contributed by atoms with Crippen LogP contribution in [0.1, 0.15) is 45.0 Å². The van der Waals surface area contributed by atoms with Crippen LogP contribution in [0.4, 0.5) is 5.69 Å². The predicted octanol–water partition coefficient (Wildman–Crippen LogP) is 4.68. The lowest BCUT2D eigenvalue weighted by molar-refractivity contribution is 0.0704. The summed E-state index contributed by atoms with van der Waals surface area (Å²) in [6.07, 6.45) is 1.99. The summed E-state index contributed by atoms with van der Waals surface area (Å²) in [6.45, 7) is 4.46. The van der Waals surface area contributed by atoms with Crippen LogP contribution in [0.5, 0.6) is 5.75 Å². The number of carbonyl (C=O) groups is 2. The molecule has 0 aliphatic carbocycles. The van der Waals surface area contributed by atoms with Crippen molar-refractivity contribution in [2.75, 3.05) is 51.3 Å². The summed E-state index contributed by atoms with van der Waals surface area (Å²) in [4.78, 5) is 32.5. The van der Waals surface area contributed by atoms with Gasteiger partial charge in [0.1, 0.15) is 5.75 Å². The molecule has 3 aromatic carbocycles. The Morgan fingerprint density at radius 2 is 1.44 bits per heavy atom. The average molecular weight is 484 g/mol. The van der Waals surface area contributed by atoms with Gasteiger partial charge in [-0.1, -0.05) is 30.3 Å². The lowest BCUT2D eigenvalue weighted by Gasteiger charge is -2.36. The first-order chi connectivity index (χ1) is 17.6. The van der Waals surface area contributed by atoms with E-state index in [1.54, 1.807) is 7.11 Å². The van der Waals surface area contributed by atoms with Gasteiger partial charge in [0.25, 0.3) is 11.8 Å². The molecule has 1 unspecified atom stereocenters.